The van der Waals surface area contributed by atoms with Crippen LogP contribution in [0.5, 0.6) is 0 Å². The molecule has 8 nitrogen and oxygen atoms in total. The van der Waals surface area contributed by atoms with Crippen LogP contribution in [0, 0.1) is 0 Å². The van der Waals surface area contributed by atoms with Gasteiger partial charge in [-0.1, -0.05) is 12.1 Å². The fourth-order valence-corrected chi connectivity index (χ4v) is 3.55. The number of carbonyl (C=O) groups is 1. The van der Waals surface area contributed by atoms with Gasteiger partial charge in [0.1, 0.15) is 5.65 Å². The van der Waals surface area contributed by atoms with Crippen molar-refractivity contribution in [2.24, 2.45) is 5.73 Å². The van der Waals surface area contributed by atoms with E-state index >= 15 is 0 Å². The van der Waals surface area contributed by atoms with Gasteiger partial charge >= 0.3 is 0 Å². The van der Waals surface area contributed by atoms with E-state index in [0.29, 0.717) is 22.2 Å². The number of rotatable bonds is 6. The molecule has 3 rings (SSSR count). The number of halogens is 2. The van der Waals surface area contributed by atoms with Crippen molar-refractivity contribution in [3.05, 3.63) is 48.3 Å². The molecule has 3 aromatic rings. The van der Waals surface area contributed by atoms with E-state index in [-0.39, 0.29) is 30.2 Å². The van der Waals surface area contributed by atoms with Gasteiger partial charge in [0.05, 0.1) is 10.6 Å². The Morgan fingerprint density at radius 3 is 2.46 bits per heavy atom. The molecule has 0 saturated heterocycles. The Balaban J connectivity index is 0.000000878. The molecule has 0 bridgehead atoms. The van der Waals surface area contributed by atoms with Crippen LogP contribution in [-0.4, -0.2) is 43.1 Å². The van der Waals surface area contributed by atoms with Gasteiger partial charge in [-0.15, -0.1) is 0 Å². The van der Waals surface area contributed by atoms with Crippen molar-refractivity contribution < 1.29 is 27.1 Å². The van der Waals surface area contributed by atoms with Gasteiger partial charge in [-0.05, 0) is 35.4 Å². The molecular weight excluding hydrogens is 394 g/mol. The van der Waals surface area contributed by atoms with Crippen molar-refractivity contribution in [3.63, 3.8) is 0 Å². The van der Waals surface area contributed by atoms with Crippen LogP contribution >= 0.6 is 0 Å². The number of carboxylic acid groups (broad SMARTS) is 1. The number of benzene rings is 1. The predicted molar refractivity (Wildman–Crippen MR) is 99.4 cm³/mol. The molecule has 150 valence electrons. The third-order valence-electron chi connectivity index (χ3n) is 3.70. The van der Waals surface area contributed by atoms with E-state index < -0.39 is 16.4 Å². The third kappa shape index (κ3) is 4.88. The van der Waals surface area contributed by atoms with Crippen LogP contribution < -0.4 is 10.5 Å². The van der Waals surface area contributed by atoms with E-state index in [9.17, 15) is 17.2 Å². The highest BCUT2D eigenvalue weighted by molar-refractivity contribution is 7.89. The topological polar surface area (TPSA) is 138 Å². The minimum absolute atomic E-state index is 0.109. The molecule has 0 aliphatic rings. The molecule has 1 aromatic carbocycles. The number of aromatic amines is 1. The van der Waals surface area contributed by atoms with Gasteiger partial charge < -0.3 is 15.8 Å². The Morgan fingerprint density at radius 2 is 1.89 bits per heavy atom. The third-order valence-corrected chi connectivity index (χ3v) is 5.18. The number of nitrogens with zero attached hydrogens (tertiary/aromatic N) is 1. The Bertz CT molecular complexity index is 1040. The van der Waals surface area contributed by atoms with Crippen LogP contribution in [0.2, 0.25) is 0 Å². The van der Waals surface area contributed by atoms with Gasteiger partial charge in [0.25, 0.3) is 12.9 Å². The number of hydrogen-bond acceptors (Lipinski definition) is 5. The average Bonchev–Trinajstić information content (AvgIpc) is 3.12. The molecule has 0 radical (unpaired) electrons. The summed E-state index contributed by atoms with van der Waals surface area (Å²) in [6.45, 7) is 0.0983. The number of hydrogen-bond donors (Lipinski definition) is 4. The van der Waals surface area contributed by atoms with Gasteiger partial charge in [-0.2, -0.15) is 0 Å². The Morgan fingerprint density at radius 1 is 1.25 bits per heavy atom. The molecule has 5 N–H and O–H groups in total. The summed E-state index contributed by atoms with van der Waals surface area (Å²) in [5.74, 6) is 0. The number of nitrogens with two attached hydrogens (primary N) is 1. The number of sulfonamides is 1. The van der Waals surface area contributed by atoms with Crippen LogP contribution in [0.3, 0.4) is 0 Å². The molecule has 28 heavy (non-hydrogen) atoms. The summed E-state index contributed by atoms with van der Waals surface area (Å²) in [6.07, 6.45) is -1.11. The molecule has 0 aliphatic carbocycles. The van der Waals surface area contributed by atoms with Crippen LogP contribution in [0.15, 0.2) is 47.5 Å². The highest BCUT2D eigenvalue weighted by atomic mass is 32.2. The summed E-state index contributed by atoms with van der Waals surface area (Å²) < 4.78 is 52.3. The molecular formula is C17H18F2N4O4S. The summed E-state index contributed by atoms with van der Waals surface area (Å²) in [7, 11) is -3.62. The molecule has 0 aliphatic heterocycles. The van der Waals surface area contributed by atoms with Crippen LogP contribution in [0.25, 0.3) is 22.2 Å². The molecule has 2 aromatic heterocycles. The van der Waals surface area contributed by atoms with Crippen molar-refractivity contribution in [3.8, 4) is 11.1 Å². The molecule has 0 spiro atoms. The lowest BCUT2D eigenvalue weighted by atomic mass is 10.0. The quantitative estimate of drug-likeness (QED) is 0.458. The first-order chi connectivity index (χ1) is 13.3. The maximum Gasteiger partial charge on any atom is 0.290 e. The average molecular weight is 412 g/mol. The van der Waals surface area contributed by atoms with E-state index in [1.807, 2.05) is 0 Å². The zero-order chi connectivity index (χ0) is 20.7. The monoisotopic (exact) mass is 412 g/mol. The van der Waals surface area contributed by atoms with Crippen molar-refractivity contribution in [1.82, 2.24) is 14.7 Å². The summed E-state index contributed by atoms with van der Waals surface area (Å²) in [5, 5.41) is 7.44. The first-order valence-electron chi connectivity index (χ1n) is 7.97. The smallest absolute Gasteiger partial charge is 0.290 e. The van der Waals surface area contributed by atoms with Gasteiger partial charge in [0.15, 0.2) is 0 Å². The lowest BCUT2D eigenvalue weighted by Gasteiger charge is -2.07. The van der Waals surface area contributed by atoms with E-state index in [2.05, 4.69) is 14.7 Å². The highest BCUT2D eigenvalue weighted by Gasteiger charge is 2.16. The van der Waals surface area contributed by atoms with E-state index in [4.69, 9.17) is 15.6 Å². The first kappa shape index (κ1) is 21.4. The molecule has 0 atom stereocenters. The summed E-state index contributed by atoms with van der Waals surface area (Å²) in [5.41, 5.74) is 6.83. The van der Waals surface area contributed by atoms with Gasteiger partial charge in [-0.3, -0.25) is 4.79 Å². The molecule has 0 unspecified atom stereocenters. The number of H-pyrrole nitrogens is 1. The molecule has 0 fully saturated rings. The van der Waals surface area contributed by atoms with Crippen LogP contribution in [0.1, 0.15) is 12.1 Å². The van der Waals surface area contributed by atoms with Crippen LogP contribution in [-0.2, 0) is 14.8 Å². The van der Waals surface area contributed by atoms with Crippen molar-refractivity contribution >= 4 is 27.5 Å². The fourth-order valence-electron chi connectivity index (χ4n) is 2.51. The fraction of sp³-hybridized carbons (Fsp3) is 0.176. The summed E-state index contributed by atoms with van der Waals surface area (Å²) >= 11 is 0. The lowest BCUT2D eigenvalue weighted by Crippen LogP contribution is -2.29. The lowest BCUT2D eigenvalue weighted by molar-refractivity contribution is -0.122. The maximum atomic E-state index is 12.9. The number of pyridine rings is 1. The number of nitrogens with one attached hydrogen (secondary N) is 2. The SMILES string of the molecule is NCCNS(=O)(=O)c1ccc(-c2ccnc3[nH]c(C(F)F)cc23)cc1.O=CO. The summed E-state index contributed by atoms with van der Waals surface area (Å²) in [6, 6.07) is 9.22. The molecule has 11 heteroatoms. The largest absolute Gasteiger partial charge is 0.483 e. The standard InChI is InChI=1S/C16H16F2N4O2S.CH2O2/c17-15(18)14-9-13-12(5-7-20-16(13)22-14)10-1-3-11(4-2-10)25(23,24)21-8-6-19;2-1-3/h1-5,7,9,15,21H,6,8,19H2,(H,20,22);1H,(H,2,3). The van der Waals surface area contributed by atoms with E-state index in [1.54, 1.807) is 18.2 Å². The molecule has 0 saturated carbocycles. The first-order valence-corrected chi connectivity index (χ1v) is 9.46. The van der Waals surface area contributed by atoms with E-state index in [1.165, 1.54) is 24.4 Å². The van der Waals surface area contributed by atoms with E-state index in [0.717, 1.165) is 0 Å². The summed E-state index contributed by atoms with van der Waals surface area (Å²) in [4.78, 5) is 15.1. The predicted octanol–water partition coefficient (Wildman–Crippen LogP) is 2.11. The van der Waals surface area contributed by atoms with Crippen molar-refractivity contribution in [1.29, 1.82) is 0 Å². The number of aromatic nitrogens is 2. The Hall–Kier alpha value is -2.89. The van der Waals surface area contributed by atoms with Gasteiger partial charge in [0, 0.05) is 24.7 Å². The van der Waals surface area contributed by atoms with Crippen molar-refractivity contribution in [2.75, 3.05) is 13.1 Å². The molecule has 0 amide bonds. The minimum atomic E-state index is -3.62. The molecule has 2 heterocycles. The number of alkyl halides is 2. The zero-order valence-electron chi connectivity index (χ0n) is 14.5. The van der Waals surface area contributed by atoms with Crippen LogP contribution in [0.4, 0.5) is 8.78 Å². The maximum absolute atomic E-state index is 12.9. The van der Waals surface area contributed by atoms with Crippen molar-refractivity contribution in [2.45, 2.75) is 11.3 Å². The van der Waals surface area contributed by atoms with Gasteiger partial charge in [0.2, 0.25) is 10.0 Å². The number of fused-ring (bicyclic) bond motifs is 1. The second kappa shape index (κ2) is 9.35. The zero-order valence-corrected chi connectivity index (χ0v) is 15.3. The Kier molecular flexibility index (Phi) is 7.15. The second-order valence-electron chi connectivity index (χ2n) is 5.46. The van der Waals surface area contributed by atoms with Gasteiger partial charge in [-0.25, -0.2) is 26.9 Å². The Labute approximate surface area is 159 Å². The normalized spacial score (nSPS) is 11.3. The highest BCUT2D eigenvalue weighted by Crippen LogP contribution is 2.31. The second-order valence-corrected chi connectivity index (χ2v) is 7.23. The minimum Gasteiger partial charge on any atom is -0.483 e.